The highest BCUT2D eigenvalue weighted by Crippen LogP contribution is 2.29. The van der Waals surface area contributed by atoms with E-state index in [9.17, 15) is 13.2 Å². The van der Waals surface area contributed by atoms with E-state index in [1.54, 1.807) is 6.92 Å². The maximum absolute atomic E-state index is 12.2. The van der Waals surface area contributed by atoms with Gasteiger partial charge in [0.1, 0.15) is 0 Å². The molecule has 1 aromatic carbocycles. The highest BCUT2D eigenvalue weighted by Gasteiger charge is 2.30. The summed E-state index contributed by atoms with van der Waals surface area (Å²) in [5.74, 6) is -0.807. The molecule has 1 nitrogen and oxygen atoms in total. The minimum Gasteiger partial charge on any atom is -0.198 e. The number of alkyl halides is 3. The van der Waals surface area contributed by atoms with E-state index in [4.69, 9.17) is 5.26 Å². The second-order valence-electron chi connectivity index (χ2n) is 5.01. The number of hydrogen-bond donors (Lipinski definition) is 0. The molecule has 0 aromatic heterocycles. The Morgan fingerprint density at radius 1 is 1.21 bits per heavy atom. The zero-order valence-corrected chi connectivity index (χ0v) is 11.0. The summed E-state index contributed by atoms with van der Waals surface area (Å²) < 4.78 is 36.7. The third-order valence-electron chi connectivity index (χ3n) is 3.07. The van der Waals surface area contributed by atoms with Crippen LogP contribution in [-0.2, 0) is 6.42 Å². The summed E-state index contributed by atoms with van der Waals surface area (Å²) in [6.45, 7) is 1.56. The number of benzene rings is 1. The van der Waals surface area contributed by atoms with Gasteiger partial charge in [0.25, 0.3) is 0 Å². The summed E-state index contributed by atoms with van der Waals surface area (Å²) in [7, 11) is 0. The van der Waals surface area contributed by atoms with Crippen LogP contribution >= 0.6 is 0 Å². The van der Waals surface area contributed by atoms with Crippen molar-refractivity contribution in [2.45, 2.75) is 38.8 Å². The van der Waals surface area contributed by atoms with E-state index in [-0.39, 0.29) is 5.92 Å². The Kier molecular flexibility index (Phi) is 5.88. The number of halogens is 3. The highest BCUT2D eigenvalue weighted by atomic mass is 19.4. The zero-order chi connectivity index (χ0) is 14.3. The zero-order valence-electron chi connectivity index (χ0n) is 11.0. The molecule has 0 radical (unpaired) electrons. The third-order valence-corrected chi connectivity index (χ3v) is 3.07. The molecule has 19 heavy (non-hydrogen) atoms. The predicted molar refractivity (Wildman–Crippen MR) is 68.3 cm³/mol. The lowest BCUT2D eigenvalue weighted by Gasteiger charge is -2.17. The average Bonchev–Trinajstić information content (AvgIpc) is 2.33. The van der Waals surface area contributed by atoms with Crippen LogP contribution < -0.4 is 0 Å². The van der Waals surface area contributed by atoms with Crippen LogP contribution in [0.1, 0.15) is 31.7 Å². The predicted octanol–water partition coefficient (Wildman–Crippen LogP) is 4.74. The van der Waals surface area contributed by atoms with Gasteiger partial charge in [0, 0.05) is 12.3 Å². The Labute approximate surface area is 112 Å². The molecule has 0 saturated carbocycles. The molecule has 2 atom stereocenters. The lowest BCUT2D eigenvalue weighted by atomic mass is 9.90. The van der Waals surface area contributed by atoms with Gasteiger partial charge < -0.3 is 0 Å². The van der Waals surface area contributed by atoms with Crippen LogP contribution in [-0.4, -0.2) is 6.18 Å². The third kappa shape index (κ3) is 6.85. The van der Waals surface area contributed by atoms with Crippen LogP contribution in [0.15, 0.2) is 30.3 Å². The van der Waals surface area contributed by atoms with Crippen molar-refractivity contribution in [1.82, 2.24) is 0 Å². The van der Waals surface area contributed by atoms with Crippen molar-refractivity contribution in [2.24, 2.45) is 11.8 Å². The topological polar surface area (TPSA) is 23.8 Å². The minimum absolute atomic E-state index is 0.308. The van der Waals surface area contributed by atoms with Gasteiger partial charge >= 0.3 is 6.18 Å². The first-order valence-corrected chi connectivity index (χ1v) is 6.41. The molecule has 0 aliphatic carbocycles. The Balaban J connectivity index is 2.40. The van der Waals surface area contributed by atoms with Gasteiger partial charge in [-0.2, -0.15) is 18.4 Å². The fraction of sp³-hybridized carbons (Fsp3) is 0.533. The molecule has 4 heteroatoms. The van der Waals surface area contributed by atoms with Crippen molar-refractivity contribution in [3.05, 3.63) is 35.9 Å². The van der Waals surface area contributed by atoms with Crippen LogP contribution in [0.2, 0.25) is 0 Å². The molecule has 2 unspecified atom stereocenters. The molecular formula is C15H18F3N. The number of nitriles is 1. The minimum atomic E-state index is -4.14. The highest BCUT2D eigenvalue weighted by molar-refractivity contribution is 5.14. The first kappa shape index (κ1) is 15.6. The Morgan fingerprint density at radius 3 is 2.37 bits per heavy atom. The number of hydrogen-bond acceptors (Lipinski definition) is 1. The Hall–Kier alpha value is -1.50. The van der Waals surface area contributed by atoms with Gasteiger partial charge in [0.15, 0.2) is 0 Å². The fourth-order valence-corrected chi connectivity index (χ4v) is 2.18. The number of nitrogens with zero attached hydrogens (tertiary/aromatic N) is 1. The average molecular weight is 269 g/mol. The van der Waals surface area contributed by atoms with Crippen molar-refractivity contribution >= 4 is 0 Å². The maximum Gasteiger partial charge on any atom is 0.389 e. The molecule has 0 aliphatic rings. The normalized spacial score (nSPS) is 14.7. The summed E-state index contributed by atoms with van der Waals surface area (Å²) in [6.07, 6.45) is -3.29. The Bertz CT molecular complexity index is 406. The quantitative estimate of drug-likeness (QED) is 0.732. The van der Waals surface area contributed by atoms with E-state index in [2.05, 4.69) is 6.07 Å². The van der Waals surface area contributed by atoms with Crippen LogP contribution in [0.25, 0.3) is 0 Å². The van der Waals surface area contributed by atoms with Gasteiger partial charge in [-0.15, -0.1) is 0 Å². The molecule has 104 valence electrons. The maximum atomic E-state index is 12.2. The molecule has 1 rings (SSSR count). The standard InChI is InChI=1S/C15H18F3N/c1-12(10-15(16,17)18)9-14(11-19)8-7-13-5-3-2-4-6-13/h2-6,12,14H,7-10H2,1H3. The van der Waals surface area contributed by atoms with Gasteiger partial charge in [0.05, 0.1) is 6.07 Å². The van der Waals surface area contributed by atoms with E-state index >= 15 is 0 Å². The molecule has 0 saturated heterocycles. The van der Waals surface area contributed by atoms with Gasteiger partial charge in [-0.05, 0) is 30.7 Å². The molecule has 0 aliphatic heterocycles. The van der Waals surface area contributed by atoms with Crippen LogP contribution in [0.3, 0.4) is 0 Å². The molecule has 0 N–H and O–H groups in total. The summed E-state index contributed by atoms with van der Waals surface area (Å²) in [6, 6.07) is 11.8. The van der Waals surface area contributed by atoms with Crippen LogP contribution in [0.5, 0.6) is 0 Å². The molecular weight excluding hydrogens is 251 g/mol. The van der Waals surface area contributed by atoms with E-state index < -0.39 is 18.5 Å². The van der Waals surface area contributed by atoms with Crippen LogP contribution in [0, 0.1) is 23.2 Å². The van der Waals surface area contributed by atoms with Gasteiger partial charge in [-0.1, -0.05) is 37.3 Å². The lowest BCUT2D eigenvalue weighted by molar-refractivity contribution is -0.144. The van der Waals surface area contributed by atoms with Gasteiger partial charge in [-0.25, -0.2) is 0 Å². The summed E-state index contributed by atoms with van der Waals surface area (Å²) in [5.41, 5.74) is 1.12. The molecule has 1 aromatic rings. The van der Waals surface area contributed by atoms with Crippen molar-refractivity contribution in [3.8, 4) is 6.07 Å². The smallest absolute Gasteiger partial charge is 0.198 e. The SMILES string of the molecule is CC(CC(C#N)CCc1ccccc1)CC(F)(F)F. The Morgan fingerprint density at radius 2 is 1.84 bits per heavy atom. The van der Waals surface area contributed by atoms with Crippen molar-refractivity contribution in [3.63, 3.8) is 0 Å². The van der Waals surface area contributed by atoms with Crippen molar-refractivity contribution in [1.29, 1.82) is 5.26 Å². The first-order valence-electron chi connectivity index (χ1n) is 6.41. The first-order chi connectivity index (χ1) is 8.90. The summed E-state index contributed by atoms with van der Waals surface area (Å²) in [5, 5.41) is 9.02. The molecule has 0 fully saturated rings. The van der Waals surface area contributed by atoms with E-state index in [0.717, 1.165) is 12.0 Å². The van der Waals surface area contributed by atoms with Gasteiger partial charge in [0.2, 0.25) is 0 Å². The number of rotatable bonds is 6. The van der Waals surface area contributed by atoms with Crippen LogP contribution in [0.4, 0.5) is 13.2 Å². The molecule has 0 amide bonds. The van der Waals surface area contributed by atoms with E-state index in [1.165, 1.54) is 0 Å². The summed E-state index contributed by atoms with van der Waals surface area (Å²) in [4.78, 5) is 0. The number of aryl methyl sites for hydroxylation is 1. The molecule has 0 bridgehead atoms. The van der Waals surface area contributed by atoms with Gasteiger partial charge in [-0.3, -0.25) is 0 Å². The second kappa shape index (κ2) is 7.18. The van der Waals surface area contributed by atoms with E-state index in [0.29, 0.717) is 12.8 Å². The lowest BCUT2D eigenvalue weighted by Crippen LogP contribution is -2.15. The fourth-order valence-electron chi connectivity index (χ4n) is 2.18. The van der Waals surface area contributed by atoms with E-state index in [1.807, 2.05) is 30.3 Å². The molecule has 0 spiro atoms. The monoisotopic (exact) mass is 269 g/mol. The second-order valence-corrected chi connectivity index (χ2v) is 5.01. The largest absolute Gasteiger partial charge is 0.389 e. The van der Waals surface area contributed by atoms with Crippen molar-refractivity contribution in [2.75, 3.05) is 0 Å². The summed E-state index contributed by atoms with van der Waals surface area (Å²) >= 11 is 0. The molecule has 0 heterocycles. The van der Waals surface area contributed by atoms with Crippen molar-refractivity contribution < 1.29 is 13.2 Å².